The van der Waals surface area contributed by atoms with Crippen molar-refractivity contribution in [2.24, 2.45) is 5.92 Å². The van der Waals surface area contributed by atoms with Crippen molar-refractivity contribution in [1.29, 1.82) is 0 Å². The number of carboxylic acid groups (broad SMARTS) is 1. The maximum Gasteiger partial charge on any atom is 0.320 e. The summed E-state index contributed by atoms with van der Waals surface area (Å²) in [6.45, 7) is 3.61. The molecular formula is C31H35N5O6. The molecule has 0 aliphatic carbocycles. The molecule has 1 aliphatic heterocycles. The molecule has 0 bridgehead atoms. The van der Waals surface area contributed by atoms with Gasteiger partial charge in [-0.15, -0.1) is 0 Å². The van der Waals surface area contributed by atoms with Crippen LogP contribution in [-0.2, 0) is 20.8 Å². The first-order valence-electron chi connectivity index (χ1n) is 13.9. The minimum Gasteiger partial charge on any atom is -0.480 e. The molecule has 11 heteroatoms. The van der Waals surface area contributed by atoms with Crippen LogP contribution >= 0.6 is 0 Å². The SMILES string of the molecule is CNC(=O)[C@H](Cc1ccccc1)NC(=O)[C@H](CC(C)C)N[C@H](CCN1C(=O)c2cc3ccccc3nc2C1=O)C(=O)O. The fraction of sp³-hybridized carbons (Fsp3) is 0.355. The summed E-state index contributed by atoms with van der Waals surface area (Å²) in [6, 6.07) is 14.9. The number of likely N-dealkylation sites (N-methyl/N-ethyl adjacent to an activating group) is 1. The van der Waals surface area contributed by atoms with Crippen molar-refractivity contribution in [3.63, 3.8) is 0 Å². The Morgan fingerprint density at radius 2 is 1.60 bits per heavy atom. The van der Waals surface area contributed by atoms with E-state index in [-0.39, 0.29) is 42.5 Å². The van der Waals surface area contributed by atoms with Gasteiger partial charge in [-0.05, 0) is 36.5 Å². The third-order valence-electron chi connectivity index (χ3n) is 7.17. The maximum absolute atomic E-state index is 13.4. The number of aromatic nitrogens is 1. The van der Waals surface area contributed by atoms with E-state index in [4.69, 9.17) is 0 Å². The number of carbonyl (C=O) groups excluding carboxylic acids is 4. The standard InChI is InChI=1S/C31H35N5O6/c1-18(2)15-24(28(38)35-25(27(37)32-3)16-19-9-5-4-6-10-19)33-23(31(41)42)13-14-36-29(39)21-17-20-11-7-8-12-22(20)34-26(21)30(36)40/h4-12,17-18,23-25,33H,13-16H2,1-3H3,(H,32,37)(H,35,38)(H,41,42)/t23-,24+,25+/m1/s1. The van der Waals surface area contributed by atoms with E-state index in [9.17, 15) is 29.1 Å². The molecule has 2 heterocycles. The molecule has 0 spiro atoms. The third kappa shape index (κ3) is 6.98. The van der Waals surface area contributed by atoms with Gasteiger partial charge in [-0.2, -0.15) is 0 Å². The van der Waals surface area contributed by atoms with Crippen molar-refractivity contribution >= 4 is 40.5 Å². The van der Waals surface area contributed by atoms with Gasteiger partial charge in [-0.1, -0.05) is 62.4 Å². The number of amides is 4. The average Bonchev–Trinajstić information content (AvgIpc) is 3.20. The van der Waals surface area contributed by atoms with Crippen LogP contribution in [0.15, 0.2) is 60.7 Å². The molecule has 0 radical (unpaired) electrons. The lowest BCUT2D eigenvalue weighted by Gasteiger charge is -2.27. The lowest BCUT2D eigenvalue weighted by molar-refractivity contribution is -0.140. The maximum atomic E-state index is 13.4. The molecule has 4 amide bonds. The monoisotopic (exact) mass is 573 g/mol. The van der Waals surface area contributed by atoms with Crippen LogP contribution in [0.25, 0.3) is 10.9 Å². The summed E-state index contributed by atoms with van der Waals surface area (Å²) in [7, 11) is 1.48. The van der Waals surface area contributed by atoms with Gasteiger partial charge in [0.05, 0.1) is 17.1 Å². The summed E-state index contributed by atoms with van der Waals surface area (Å²) in [4.78, 5) is 69.7. The number of rotatable bonds is 13. The van der Waals surface area contributed by atoms with Gasteiger partial charge in [0, 0.05) is 25.4 Å². The molecule has 0 saturated heterocycles. The van der Waals surface area contributed by atoms with Gasteiger partial charge in [0.2, 0.25) is 11.8 Å². The van der Waals surface area contributed by atoms with Crippen LogP contribution in [0.2, 0.25) is 0 Å². The minimum atomic E-state index is -1.25. The predicted molar refractivity (Wildman–Crippen MR) is 156 cm³/mol. The van der Waals surface area contributed by atoms with Crippen molar-refractivity contribution in [3.05, 3.63) is 77.5 Å². The second-order valence-corrected chi connectivity index (χ2v) is 10.7. The quantitative estimate of drug-likeness (QED) is 0.227. The number of hydrogen-bond acceptors (Lipinski definition) is 7. The lowest BCUT2D eigenvalue weighted by Crippen LogP contribution is -2.56. The Labute approximate surface area is 243 Å². The lowest BCUT2D eigenvalue weighted by atomic mass is 10.00. The fourth-order valence-electron chi connectivity index (χ4n) is 5.02. The number of para-hydroxylation sites is 1. The number of nitrogens with one attached hydrogen (secondary N) is 3. The average molecular weight is 574 g/mol. The summed E-state index contributed by atoms with van der Waals surface area (Å²) >= 11 is 0. The Morgan fingerprint density at radius 1 is 0.905 bits per heavy atom. The summed E-state index contributed by atoms with van der Waals surface area (Å²) in [6.07, 6.45) is 0.418. The Morgan fingerprint density at radius 3 is 2.26 bits per heavy atom. The largest absolute Gasteiger partial charge is 0.480 e. The van der Waals surface area contributed by atoms with Crippen LogP contribution in [0.1, 0.15) is 53.1 Å². The smallest absolute Gasteiger partial charge is 0.320 e. The number of aliphatic carboxylic acids is 1. The number of benzene rings is 2. The van der Waals surface area contributed by atoms with E-state index in [1.807, 2.05) is 44.2 Å². The van der Waals surface area contributed by atoms with E-state index in [0.29, 0.717) is 17.3 Å². The number of imide groups is 1. The zero-order chi connectivity index (χ0) is 30.4. The molecule has 11 nitrogen and oxygen atoms in total. The normalized spacial score (nSPS) is 14.9. The molecule has 4 N–H and O–H groups in total. The zero-order valence-corrected chi connectivity index (χ0v) is 23.8. The van der Waals surface area contributed by atoms with E-state index in [1.54, 1.807) is 30.3 Å². The van der Waals surface area contributed by atoms with Gasteiger partial charge in [-0.25, -0.2) is 4.98 Å². The number of carbonyl (C=O) groups is 5. The van der Waals surface area contributed by atoms with Crippen LogP contribution in [0.5, 0.6) is 0 Å². The summed E-state index contributed by atoms with van der Waals surface area (Å²) < 4.78 is 0. The second-order valence-electron chi connectivity index (χ2n) is 10.7. The van der Waals surface area contributed by atoms with E-state index in [2.05, 4.69) is 20.9 Å². The van der Waals surface area contributed by atoms with Gasteiger partial charge in [-0.3, -0.25) is 34.2 Å². The first kappa shape index (κ1) is 30.3. The van der Waals surface area contributed by atoms with Crippen molar-refractivity contribution in [2.45, 2.75) is 51.2 Å². The highest BCUT2D eigenvalue weighted by Gasteiger charge is 2.38. The number of nitrogens with zero attached hydrogens (tertiary/aromatic N) is 2. The van der Waals surface area contributed by atoms with Gasteiger partial charge >= 0.3 is 5.97 Å². The Hall–Kier alpha value is -4.64. The second kappa shape index (κ2) is 13.3. The molecule has 1 aliphatic rings. The minimum absolute atomic E-state index is 0.0201. The van der Waals surface area contributed by atoms with Crippen molar-refractivity contribution < 1.29 is 29.1 Å². The number of fused-ring (bicyclic) bond motifs is 2. The molecule has 3 atom stereocenters. The van der Waals surface area contributed by atoms with Gasteiger partial charge < -0.3 is 15.7 Å². The van der Waals surface area contributed by atoms with Gasteiger partial charge in [0.15, 0.2) is 0 Å². The third-order valence-corrected chi connectivity index (χ3v) is 7.17. The highest BCUT2D eigenvalue weighted by atomic mass is 16.4. The summed E-state index contributed by atoms with van der Waals surface area (Å²) in [5.74, 6) is -3.23. The van der Waals surface area contributed by atoms with Crippen LogP contribution < -0.4 is 16.0 Å². The highest BCUT2D eigenvalue weighted by Crippen LogP contribution is 2.25. The van der Waals surface area contributed by atoms with Crippen molar-refractivity contribution in [2.75, 3.05) is 13.6 Å². The molecule has 3 aromatic rings. The summed E-state index contributed by atoms with van der Waals surface area (Å²) in [5, 5.41) is 18.9. The van der Waals surface area contributed by atoms with Crippen LogP contribution in [0.3, 0.4) is 0 Å². The van der Waals surface area contributed by atoms with Crippen LogP contribution in [0, 0.1) is 5.92 Å². The van der Waals surface area contributed by atoms with Crippen molar-refractivity contribution in [3.8, 4) is 0 Å². The topological polar surface area (TPSA) is 158 Å². The number of hydrogen-bond donors (Lipinski definition) is 4. The molecule has 0 fully saturated rings. The number of pyridine rings is 1. The zero-order valence-electron chi connectivity index (χ0n) is 23.8. The summed E-state index contributed by atoms with van der Waals surface area (Å²) in [5.41, 5.74) is 1.64. The molecule has 0 unspecified atom stereocenters. The first-order chi connectivity index (χ1) is 20.1. The van der Waals surface area contributed by atoms with E-state index in [0.717, 1.165) is 10.5 Å². The van der Waals surface area contributed by atoms with Gasteiger partial charge in [0.1, 0.15) is 17.8 Å². The molecule has 1 aromatic heterocycles. The predicted octanol–water partition coefficient (Wildman–Crippen LogP) is 2.15. The van der Waals surface area contributed by atoms with Crippen LogP contribution in [-0.4, -0.2) is 76.3 Å². The molecule has 4 rings (SSSR count). The van der Waals surface area contributed by atoms with E-state index in [1.165, 1.54) is 7.05 Å². The van der Waals surface area contributed by atoms with E-state index < -0.39 is 41.8 Å². The van der Waals surface area contributed by atoms with E-state index >= 15 is 0 Å². The fourth-order valence-corrected chi connectivity index (χ4v) is 5.02. The Kier molecular flexibility index (Phi) is 9.64. The first-order valence-corrected chi connectivity index (χ1v) is 13.9. The molecule has 42 heavy (non-hydrogen) atoms. The van der Waals surface area contributed by atoms with Crippen LogP contribution in [0.4, 0.5) is 0 Å². The molecule has 220 valence electrons. The molecule has 2 aromatic carbocycles. The van der Waals surface area contributed by atoms with Gasteiger partial charge in [0.25, 0.3) is 11.8 Å². The molecule has 0 saturated carbocycles. The molecular weight excluding hydrogens is 538 g/mol. The Bertz CT molecular complexity index is 1440. The number of carboxylic acids is 1. The Balaban J connectivity index is 1.46. The highest BCUT2D eigenvalue weighted by molar-refractivity contribution is 6.21. The van der Waals surface area contributed by atoms with Crippen molar-refractivity contribution in [1.82, 2.24) is 25.8 Å².